The number of carbonyl (C=O) groups is 3. The van der Waals surface area contributed by atoms with Crippen molar-refractivity contribution in [1.29, 1.82) is 0 Å². The zero-order valence-electron chi connectivity index (χ0n) is 5.69. The summed E-state index contributed by atoms with van der Waals surface area (Å²) in [6.45, 7) is 0. The van der Waals surface area contributed by atoms with Gasteiger partial charge in [0.2, 0.25) is 0 Å². The molecular weight excluding hydrogens is 144 g/mol. The smallest absolute Gasteiger partial charge is 0.149 e. The Labute approximate surface area is 63.4 Å². The first-order chi connectivity index (χ1) is 5.31. The highest BCUT2D eigenvalue weighted by Crippen LogP contribution is 2.19. The lowest BCUT2D eigenvalue weighted by Gasteiger charge is -1.94. The number of hydrogen-bond acceptors (Lipinski definition) is 3. The molecule has 1 atom stereocenters. The Balaban J connectivity index is 2.93. The van der Waals surface area contributed by atoms with Crippen molar-refractivity contribution >= 4 is 18.9 Å². The summed E-state index contributed by atoms with van der Waals surface area (Å²) >= 11 is 0. The van der Waals surface area contributed by atoms with Gasteiger partial charge in [-0.2, -0.15) is 0 Å². The van der Waals surface area contributed by atoms with E-state index in [-0.39, 0.29) is 0 Å². The molecule has 1 rings (SSSR count). The van der Waals surface area contributed by atoms with Crippen LogP contribution in [0.25, 0.3) is 0 Å². The van der Waals surface area contributed by atoms with Gasteiger partial charge in [-0.25, -0.2) is 0 Å². The zero-order valence-corrected chi connectivity index (χ0v) is 5.69. The molecule has 3 heteroatoms. The van der Waals surface area contributed by atoms with Crippen LogP contribution in [0.4, 0.5) is 0 Å². The quantitative estimate of drug-likeness (QED) is 0.535. The molecule has 1 aliphatic rings. The van der Waals surface area contributed by atoms with Crippen molar-refractivity contribution in [2.75, 3.05) is 0 Å². The lowest BCUT2D eigenvalue weighted by Crippen LogP contribution is -1.99. The number of allylic oxidation sites excluding steroid dienone is 4. The maximum absolute atomic E-state index is 10.3. The van der Waals surface area contributed by atoms with Gasteiger partial charge < -0.3 is 4.79 Å². The average molecular weight is 150 g/mol. The Hall–Kier alpha value is -1.51. The van der Waals surface area contributed by atoms with Crippen LogP contribution in [0.3, 0.4) is 0 Å². The van der Waals surface area contributed by atoms with Gasteiger partial charge in [0.05, 0.1) is 5.92 Å². The molecule has 11 heavy (non-hydrogen) atoms. The molecule has 0 aromatic heterocycles. The Morgan fingerprint density at radius 2 is 1.91 bits per heavy atom. The van der Waals surface area contributed by atoms with Crippen molar-refractivity contribution in [1.82, 2.24) is 0 Å². The molecule has 0 bridgehead atoms. The van der Waals surface area contributed by atoms with Crippen LogP contribution < -0.4 is 0 Å². The standard InChI is InChI=1S/C8H6O3/c9-3-6-1-7(4-10)8(2-6)5-11/h1-5,7H. The fourth-order valence-electron chi connectivity index (χ4n) is 0.944. The third-order valence-electron chi connectivity index (χ3n) is 1.51. The molecule has 56 valence electrons. The third kappa shape index (κ3) is 1.32. The van der Waals surface area contributed by atoms with Gasteiger partial charge in [0, 0.05) is 11.1 Å². The SMILES string of the molecule is O=CC1=CC(C=O)C(C=O)=C1. The van der Waals surface area contributed by atoms with Crippen LogP contribution in [-0.4, -0.2) is 18.9 Å². The van der Waals surface area contributed by atoms with E-state index in [0.29, 0.717) is 30.0 Å². The van der Waals surface area contributed by atoms with Crippen molar-refractivity contribution < 1.29 is 14.4 Å². The van der Waals surface area contributed by atoms with E-state index >= 15 is 0 Å². The van der Waals surface area contributed by atoms with E-state index in [2.05, 4.69) is 0 Å². The van der Waals surface area contributed by atoms with Gasteiger partial charge in [0.25, 0.3) is 0 Å². The highest BCUT2D eigenvalue weighted by molar-refractivity contribution is 5.91. The average Bonchev–Trinajstić information content (AvgIpc) is 2.46. The van der Waals surface area contributed by atoms with Crippen LogP contribution in [0.1, 0.15) is 0 Å². The molecule has 0 heterocycles. The zero-order chi connectivity index (χ0) is 8.27. The van der Waals surface area contributed by atoms with Crippen molar-refractivity contribution in [3.05, 3.63) is 23.3 Å². The van der Waals surface area contributed by atoms with Crippen LogP contribution in [-0.2, 0) is 14.4 Å². The fraction of sp³-hybridized carbons (Fsp3) is 0.125. The summed E-state index contributed by atoms with van der Waals surface area (Å²) in [5.74, 6) is -0.521. The number of hydrogen-bond donors (Lipinski definition) is 0. The van der Waals surface area contributed by atoms with Gasteiger partial charge in [0.1, 0.15) is 18.9 Å². The second-order valence-corrected chi connectivity index (χ2v) is 2.21. The Kier molecular flexibility index (Phi) is 2.11. The highest BCUT2D eigenvalue weighted by atomic mass is 16.1. The Bertz CT molecular complexity index is 261. The normalized spacial score (nSPS) is 22.0. The molecule has 1 unspecified atom stereocenters. The second kappa shape index (κ2) is 3.05. The minimum atomic E-state index is -0.521. The van der Waals surface area contributed by atoms with E-state index in [0.717, 1.165) is 0 Å². The van der Waals surface area contributed by atoms with Crippen LogP contribution >= 0.6 is 0 Å². The predicted octanol–water partition coefficient (Wildman–Crippen LogP) is 0.0657. The largest absolute Gasteiger partial charge is 0.302 e. The molecule has 1 aliphatic carbocycles. The predicted molar refractivity (Wildman–Crippen MR) is 37.8 cm³/mol. The summed E-state index contributed by atoms with van der Waals surface area (Å²) in [4.78, 5) is 30.7. The van der Waals surface area contributed by atoms with E-state index < -0.39 is 5.92 Å². The number of rotatable bonds is 3. The molecule has 0 spiro atoms. The van der Waals surface area contributed by atoms with Crippen LogP contribution in [0, 0.1) is 5.92 Å². The lowest BCUT2D eigenvalue weighted by molar-refractivity contribution is -0.111. The van der Waals surface area contributed by atoms with Crippen molar-refractivity contribution in [2.24, 2.45) is 5.92 Å². The number of aldehydes is 3. The number of carbonyl (C=O) groups excluding carboxylic acids is 3. The first-order valence-corrected chi connectivity index (χ1v) is 3.11. The van der Waals surface area contributed by atoms with E-state index in [1.165, 1.54) is 12.2 Å². The van der Waals surface area contributed by atoms with Crippen molar-refractivity contribution in [2.45, 2.75) is 0 Å². The Morgan fingerprint density at radius 1 is 1.18 bits per heavy atom. The minimum Gasteiger partial charge on any atom is -0.302 e. The van der Waals surface area contributed by atoms with Gasteiger partial charge in [-0.05, 0) is 6.08 Å². The van der Waals surface area contributed by atoms with Gasteiger partial charge in [-0.15, -0.1) is 0 Å². The van der Waals surface area contributed by atoms with Gasteiger partial charge in [-0.1, -0.05) is 6.08 Å². The minimum absolute atomic E-state index is 0.349. The summed E-state index contributed by atoms with van der Waals surface area (Å²) in [5.41, 5.74) is 0.742. The van der Waals surface area contributed by atoms with Gasteiger partial charge in [0.15, 0.2) is 0 Å². The summed E-state index contributed by atoms with van der Waals surface area (Å²) < 4.78 is 0. The van der Waals surface area contributed by atoms with Gasteiger partial charge >= 0.3 is 0 Å². The molecule has 0 aromatic carbocycles. The fourth-order valence-corrected chi connectivity index (χ4v) is 0.944. The molecule has 0 radical (unpaired) electrons. The monoisotopic (exact) mass is 150 g/mol. The molecule has 0 fully saturated rings. The molecular formula is C8H6O3. The van der Waals surface area contributed by atoms with Crippen molar-refractivity contribution in [3.8, 4) is 0 Å². The first-order valence-electron chi connectivity index (χ1n) is 3.11. The molecule has 0 saturated heterocycles. The van der Waals surface area contributed by atoms with E-state index in [1.54, 1.807) is 0 Å². The van der Waals surface area contributed by atoms with E-state index in [1.807, 2.05) is 0 Å². The molecule has 0 saturated carbocycles. The van der Waals surface area contributed by atoms with E-state index in [9.17, 15) is 14.4 Å². The van der Waals surface area contributed by atoms with Gasteiger partial charge in [-0.3, -0.25) is 9.59 Å². The molecule has 0 aromatic rings. The first kappa shape index (κ1) is 7.60. The summed E-state index contributed by atoms with van der Waals surface area (Å²) in [6.07, 6.45) is 4.72. The maximum Gasteiger partial charge on any atom is 0.149 e. The topological polar surface area (TPSA) is 51.2 Å². The third-order valence-corrected chi connectivity index (χ3v) is 1.51. The van der Waals surface area contributed by atoms with Crippen LogP contribution in [0.15, 0.2) is 23.3 Å². The highest BCUT2D eigenvalue weighted by Gasteiger charge is 2.16. The second-order valence-electron chi connectivity index (χ2n) is 2.21. The Morgan fingerprint density at radius 3 is 2.27 bits per heavy atom. The molecule has 0 N–H and O–H groups in total. The van der Waals surface area contributed by atoms with Crippen molar-refractivity contribution in [3.63, 3.8) is 0 Å². The van der Waals surface area contributed by atoms with E-state index in [4.69, 9.17) is 0 Å². The van der Waals surface area contributed by atoms with Crippen LogP contribution in [0.5, 0.6) is 0 Å². The molecule has 3 nitrogen and oxygen atoms in total. The molecule has 0 aliphatic heterocycles. The summed E-state index contributed by atoms with van der Waals surface area (Å²) in [5, 5.41) is 0. The lowest BCUT2D eigenvalue weighted by atomic mass is 10.1. The molecule has 0 amide bonds. The van der Waals surface area contributed by atoms with Crippen LogP contribution in [0.2, 0.25) is 0 Å². The maximum atomic E-state index is 10.3. The summed E-state index contributed by atoms with van der Waals surface area (Å²) in [7, 11) is 0. The summed E-state index contributed by atoms with van der Waals surface area (Å²) in [6, 6.07) is 0.